The molecule has 3 rings (SSSR count). The van der Waals surface area contributed by atoms with Crippen molar-refractivity contribution in [3.8, 4) is 17.2 Å². The second kappa shape index (κ2) is 9.37. The van der Waals surface area contributed by atoms with Crippen molar-refractivity contribution >= 4 is 15.7 Å². The van der Waals surface area contributed by atoms with Crippen LogP contribution < -0.4 is 19.1 Å². The third-order valence-electron chi connectivity index (χ3n) is 4.81. The first-order chi connectivity index (χ1) is 14.0. The number of piperazine rings is 1. The van der Waals surface area contributed by atoms with Crippen LogP contribution in [0.15, 0.2) is 47.4 Å². The third kappa shape index (κ3) is 4.59. The second-order valence-corrected chi connectivity index (χ2v) is 8.44. The number of ether oxygens (including phenoxy) is 3. The Morgan fingerprint density at radius 1 is 0.897 bits per heavy atom. The first kappa shape index (κ1) is 21.3. The fourth-order valence-electron chi connectivity index (χ4n) is 3.42. The standard InChI is InChI=1S/C21H28N2O5S/c1-4-27-17-10-11-20(28-5-2)21(16-17)29(24,25)23-14-12-22(13-15-23)18-8-6-7-9-19(18)26-3/h6-11,16H,4-5,12-15H2,1-3H3. The Balaban J connectivity index is 1.82. The van der Waals surface area contributed by atoms with Gasteiger partial charge >= 0.3 is 0 Å². The Bertz CT molecular complexity index is 924. The molecule has 1 aliphatic heterocycles. The summed E-state index contributed by atoms with van der Waals surface area (Å²) in [6, 6.07) is 12.7. The van der Waals surface area contributed by atoms with Gasteiger partial charge in [-0.05, 0) is 38.1 Å². The fraction of sp³-hybridized carbons (Fsp3) is 0.429. The van der Waals surface area contributed by atoms with E-state index < -0.39 is 10.0 Å². The molecule has 0 atom stereocenters. The van der Waals surface area contributed by atoms with Crippen LogP contribution in [-0.4, -0.2) is 59.2 Å². The molecule has 1 saturated heterocycles. The van der Waals surface area contributed by atoms with Gasteiger partial charge in [-0.1, -0.05) is 12.1 Å². The van der Waals surface area contributed by atoms with E-state index in [2.05, 4.69) is 4.90 Å². The largest absolute Gasteiger partial charge is 0.495 e. The van der Waals surface area contributed by atoms with E-state index in [1.54, 1.807) is 25.3 Å². The first-order valence-electron chi connectivity index (χ1n) is 9.79. The molecule has 2 aromatic rings. The van der Waals surface area contributed by atoms with Gasteiger partial charge in [0.2, 0.25) is 10.0 Å². The summed E-state index contributed by atoms with van der Waals surface area (Å²) < 4.78 is 44.7. The average Bonchev–Trinajstić information content (AvgIpc) is 2.75. The highest BCUT2D eigenvalue weighted by Gasteiger charge is 2.32. The summed E-state index contributed by atoms with van der Waals surface area (Å²) in [5.74, 6) is 1.65. The van der Waals surface area contributed by atoms with Crippen LogP contribution >= 0.6 is 0 Å². The summed E-state index contributed by atoms with van der Waals surface area (Å²) in [5.41, 5.74) is 0.973. The second-order valence-electron chi connectivity index (χ2n) is 6.54. The highest BCUT2D eigenvalue weighted by Crippen LogP contribution is 2.33. The minimum atomic E-state index is -3.71. The van der Waals surface area contributed by atoms with Crippen LogP contribution in [-0.2, 0) is 10.0 Å². The van der Waals surface area contributed by atoms with Crippen LogP contribution in [0.5, 0.6) is 17.2 Å². The Morgan fingerprint density at radius 3 is 2.24 bits per heavy atom. The summed E-state index contributed by atoms with van der Waals surface area (Å²) >= 11 is 0. The number of para-hydroxylation sites is 2. The summed E-state index contributed by atoms with van der Waals surface area (Å²) in [6.45, 7) is 6.46. The highest BCUT2D eigenvalue weighted by molar-refractivity contribution is 7.89. The molecule has 158 valence electrons. The topological polar surface area (TPSA) is 68.3 Å². The first-order valence-corrected chi connectivity index (χ1v) is 11.2. The molecule has 0 amide bonds. The maximum absolute atomic E-state index is 13.4. The Kier molecular flexibility index (Phi) is 6.87. The van der Waals surface area contributed by atoms with Crippen molar-refractivity contribution in [2.45, 2.75) is 18.7 Å². The van der Waals surface area contributed by atoms with Crippen molar-refractivity contribution in [1.29, 1.82) is 0 Å². The molecule has 0 radical (unpaired) electrons. The van der Waals surface area contributed by atoms with Gasteiger partial charge in [-0.2, -0.15) is 4.31 Å². The number of anilines is 1. The van der Waals surface area contributed by atoms with Gasteiger partial charge in [-0.25, -0.2) is 8.42 Å². The Labute approximate surface area is 172 Å². The molecule has 1 aliphatic rings. The van der Waals surface area contributed by atoms with Gasteiger partial charge in [-0.3, -0.25) is 0 Å². The molecule has 0 spiro atoms. The van der Waals surface area contributed by atoms with Crippen molar-refractivity contribution in [1.82, 2.24) is 4.31 Å². The lowest BCUT2D eigenvalue weighted by molar-refractivity contribution is 0.319. The van der Waals surface area contributed by atoms with Crippen LogP contribution in [0.2, 0.25) is 0 Å². The van der Waals surface area contributed by atoms with E-state index in [1.165, 1.54) is 4.31 Å². The minimum Gasteiger partial charge on any atom is -0.495 e. The van der Waals surface area contributed by atoms with E-state index in [-0.39, 0.29) is 4.90 Å². The zero-order valence-electron chi connectivity index (χ0n) is 17.1. The minimum absolute atomic E-state index is 0.149. The molecular formula is C21H28N2O5S. The molecule has 7 nitrogen and oxygen atoms in total. The monoisotopic (exact) mass is 420 g/mol. The van der Waals surface area contributed by atoms with Crippen LogP contribution in [0.3, 0.4) is 0 Å². The highest BCUT2D eigenvalue weighted by atomic mass is 32.2. The molecule has 2 aromatic carbocycles. The van der Waals surface area contributed by atoms with Gasteiger partial charge in [0.15, 0.2) is 0 Å². The predicted molar refractivity (Wildman–Crippen MR) is 113 cm³/mol. The summed E-state index contributed by atoms with van der Waals surface area (Å²) in [7, 11) is -2.07. The fourth-order valence-corrected chi connectivity index (χ4v) is 4.99. The SMILES string of the molecule is CCOc1ccc(OCC)c(S(=O)(=O)N2CCN(c3ccccc3OC)CC2)c1. The molecule has 29 heavy (non-hydrogen) atoms. The molecule has 1 heterocycles. The van der Waals surface area contributed by atoms with Crippen molar-refractivity contribution in [3.63, 3.8) is 0 Å². The van der Waals surface area contributed by atoms with Crippen LogP contribution in [0.25, 0.3) is 0 Å². The average molecular weight is 421 g/mol. The van der Waals surface area contributed by atoms with Crippen LogP contribution in [0.4, 0.5) is 5.69 Å². The summed E-state index contributed by atoms with van der Waals surface area (Å²) in [5, 5.41) is 0. The third-order valence-corrected chi connectivity index (χ3v) is 6.73. The lowest BCUT2D eigenvalue weighted by atomic mass is 10.2. The van der Waals surface area contributed by atoms with E-state index >= 15 is 0 Å². The maximum Gasteiger partial charge on any atom is 0.247 e. The number of hydrogen-bond acceptors (Lipinski definition) is 6. The lowest BCUT2D eigenvalue weighted by Crippen LogP contribution is -2.48. The zero-order valence-corrected chi connectivity index (χ0v) is 17.9. The molecule has 0 unspecified atom stereocenters. The molecule has 8 heteroatoms. The molecular weight excluding hydrogens is 392 g/mol. The van der Waals surface area contributed by atoms with Gasteiger partial charge in [0.25, 0.3) is 0 Å². The summed E-state index contributed by atoms with van der Waals surface area (Å²) in [6.07, 6.45) is 0. The van der Waals surface area contributed by atoms with E-state index in [0.29, 0.717) is 50.9 Å². The maximum atomic E-state index is 13.4. The number of hydrogen-bond donors (Lipinski definition) is 0. The van der Waals surface area contributed by atoms with E-state index in [9.17, 15) is 8.42 Å². The number of benzene rings is 2. The lowest BCUT2D eigenvalue weighted by Gasteiger charge is -2.36. The molecule has 0 aliphatic carbocycles. The van der Waals surface area contributed by atoms with Gasteiger partial charge in [-0.15, -0.1) is 0 Å². The smallest absolute Gasteiger partial charge is 0.247 e. The van der Waals surface area contributed by atoms with E-state index in [4.69, 9.17) is 14.2 Å². The molecule has 0 saturated carbocycles. The normalized spacial score (nSPS) is 15.2. The van der Waals surface area contributed by atoms with E-state index in [1.807, 2.05) is 38.1 Å². The Hall–Kier alpha value is -2.45. The Morgan fingerprint density at radius 2 is 1.59 bits per heavy atom. The van der Waals surface area contributed by atoms with Crippen molar-refractivity contribution in [2.24, 2.45) is 0 Å². The molecule has 0 aromatic heterocycles. The number of sulfonamides is 1. The van der Waals surface area contributed by atoms with Crippen molar-refractivity contribution in [2.75, 3.05) is 51.4 Å². The number of nitrogens with zero attached hydrogens (tertiary/aromatic N) is 2. The van der Waals surface area contributed by atoms with Gasteiger partial charge in [0.05, 0.1) is 26.0 Å². The van der Waals surface area contributed by atoms with Crippen molar-refractivity contribution < 1.29 is 22.6 Å². The molecule has 0 N–H and O–H groups in total. The predicted octanol–water partition coefficient (Wildman–Crippen LogP) is 3.00. The quantitative estimate of drug-likeness (QED) is 0.654. The summed E-state index contributed by atoms with van der Waals surface area (Å²) in [4.78, 5) is 2.29. The van der Waals surface area contributed by atoms with Crippen LogP contribution in [0, 0.1) is 0 Å². The molecule has 1 fully saturated rings. The van der Waals surface area contributed by atoms with Gasteiger partial charge in [0, 0.05) is 32.2 Å². The van der Waals surface area contributed by atoms with E-state index in [0.717, 1.165) is 11.4 Å². The van der Waals surface area contributed by atoms with Crippen LogP contribution in [0.1, 0.15) is 13.8 Å². The number of rotatable bonds is 8. The van der Waals surface area contributed by atoms with Gasteiger partial charge < -0.3 is 19.1 Å². The zero-order chi connectivity index (χ0) is 20.9. The number of methoxy groups -OCH3 is 1. The van der Waals surface area contributed by atoms with Crippen molar-refractivity contribution in [3.05, 3.63) is 42.5 Å². The van der Waals surface area contributed by atoms with Gasteiger partial charge in [0.1, 0.15) is 22.1 Å². The molecule has 0 bridgehead atoms.